The lowest BCUT2D eigenvalue weighted by molar-refractivity contribution is -0.152. The highest BCUT2D eigenvalue weighted by molar-refractivity contribution is 5.87. The third-order valence-electron chi connectivity index (χ3n) is 2.56. The molecule has 0 bridgehead atoms. The molecule has 0 aliphatic carbocycles. The van der Waals surface area contributed by atoms with Gasteiger partial charge in [-0.3, -0.25) is 4.79 Å². The first kappa shape index (κ1) is 15.9. The molecule has 0 fully saturated rings. The Morgan fingerprint density at radius 1 is 1.25 bits per heavy atom. The van der Waals surface area contributed by atoms with Crippen LogP contribution in [-0.2, 0) is 9.53 Å². The van der Waals surface area contributed by atoms with E-state index in [1.165, 1.54) is 21.0 Å². The zero-order valence-corrected chi connectivity index (χ0v) is 11.2. The molecular formula is C13H14F2O5. The van der Waals surface area contributed by atoms with Crippen molar-refractivity contribution >= 4 is 11.9 Å². The first-order chi connectivity index (χ1) is 9.19. The summed E-state index contributed by atoms with van der Waals surface area (Å²) in [5, 5.41) is 8.65. The number of methoxy groups -OCH3 is 1. The minimum Gasteiger partial charge on any atom is -0.486 e. The Morgan fingerprint density at radius 3 is 2.15 bits per heavy atom. The lowest BCUT2D eigenvalue weighted by Gasteiger charge is -2.22. The maximum Gasteiger partial charge on any atom is 0.335 e. The van der Waals surface area contributed by atoms with E-state index in [1.54, 1.807) is 0 Å². The van der Waals surface area contributed by atoms with Crippen LogP contribution in [0.4, 0.5) is 8.78 Å². The van der Waals surface area contributed by atoms with Crippen LogP contribution in [0.5, 0.6) is 5.75 Å². The van der Waals surface area contributed by atoms with Gasteiger partial charge in [0.05, 0.1) is 18.1 Å². The third kappa shape index (κ3) is 3.43. The van der Waals surface area contributed by atoms with Gasteiger partial charge in [0.15, 0.2) is 17.4 Å². The fourth-order valence-corrected chi connectivity index (χ4v) is 1.41. The molecule has 7 heteroatoms. The number of aromatic carboxylic acids is 1. The number of halogens is 2. The molecule has 0 aromatic heterocycles. The first-order valence-electron chi connectivity index (χ1n) is 5.62. The second-order valence-corrected chi connectivity index (χ2v) is 4.74. The molecule has 0 atom stereocenters. The van der Waals surface area contributed by atoms with Gasteiger partial charge in [0.1, 0.15) is 6.61 Å². The highest BCUT2D eigenvalue weighted by Crippen LogP contribution is 2.26. The number of ether oxygens (including phenoxy) is 2. The van der Waals surface area contributed by atoms with Gasteiger partial charge in [0.25, 0.3) is 0 Å². The third-order valence-corrected chi connectivity index (χ3v) is 2.56. The van der Waals surface area contributed by atoms with Crippen LogP contribution >= 0.6 is 0 Å². The van der Waals surface area contributed by atoms with Crippen molar-refractivity contribution < 1.29 is 33.0 Å². The van der Waals surface area contributed by atoms with Gasteiger partial charge in [0, 0.05) is 0 Å². The monoisotopic (exact) mass is 288 g/mol. The largest absolute Gasteiger partial charge is 0.486 e. The molecule has 1 rings (SSSR count). The molecule has 0 aliphatic heterocycles. The summed E-state index contributed by atoms with van der Waals surface area (Å²) in [7, 11) is 1.19. The number of carbonyl (C=O) groups excluding carboxylic acids is 1. The van der Waals surface area contributed by atoms with E-state index in [-0.39, 0.29) is 6.61 Å². The van der Waals surface area contributed by atoms with Crippen molar-refractivity contribution in [3.63, 3.8) is 0 Å². The van der Waals surface area contributed by atoms with Crippen LogP contribution in [0, 0.1) is 17.0 Å². The predicted molar refractivity (Wildman–Crippen MR) is 64.6 cm³/mol. The van der Waals surface area contributed by atoms with Gasteiger partial charge in [-0.2, -0.15) is 0 Å². The van der Waals surface area contributed by atoms with E-state index < -0.39 is 40.3 Å². The average molecular weight is 288 g/mol. The Balaban J connectivity index is 2.94. The van der Waals surface area contributed by atoms with Crippen LogP contribution in [0.15, 0.2) is 12.1 Å². The van der Waals surface area contributed by atoms with Crippen molar-refractivity contribution in [3.05, 3.63) is 29.3 Å². The predicted octanol–water partition coefficient (Wildman–Crippen LogP) is 2.24. The molecule has 0 radical (unpaired) electrons. The topological polar surface area (TPSA) is 72.8 Å². The number of carboxylic acids is 1. The van der Waals surface area contributed by atoms with Crippen molar-refractivity contribution in [2.45, 2.75) is 13.8 Å². The van der Waals surface area contributed by atoms with E-state index >= 15 is 0 Å². The summed E-state index contributed by atoms with van der Waals surface area (Å²) in [6.45, 7) is 2.65. The summed E-state index contributed by atoms with van der Waals surface area (Å²) in [5.41, 5.74) is -1.63. The second-order valence-electron chi connectivity index (χ2n) is 4.74. The van der Waals surface area contributed by atoms with E-state index in [1.807, 2.05) is 0 Å². The number of carboxylic acid groups (broad SMARTS) is 1. The Morgan fingerprint density at radius 2 is 1.75 bits per heavy atom. The molecule has 5 nitrogen and oxygen atoms in total. The Labute approximate surface area is 114 Å². The van der Waals surface area contributed by atoms with Gasteiger partial charge < -0.3 is 14.6 Å². The molecule has 110 valence electrons. The molecule has 0 saturated heterocycles. The van der Waals surface area contributed by atoms with E-state index in [0.29, 0.717) is 12.1 Å². The van der Waals surface area contributed by atoms with Gasteiger partial charge in [-0.1, -0.05) is 0 Å². The fourth-order valence-electron chi connectivity index (χ4n) is 1.41. The van der Waals surface area contributed by atoms with Crippen molar-refractivity contribution in [3.8, 4) is 5.75 Å². The highest BCUT2D eigenvalue weighted by Gasteiger charge is 2.30. The molecule has 20 heavy (non-hydrogen) atoms. The van der Waals surface area contributed by atoms with Crippen molar-refractivity contribution in [2.24, 2.45) is 5.41 Å². The Bertz CT molecular complexity index is 517. The van der Waals surface area contributed by atoms with E-state index in [0.717, 1.165) is 0 Å². The van der Waals surface area contributed by atoms with E-state index in [9.17, 15) is 18.4 Å². The van der Waals surface area contributed by atoms with Gasteiger partial charge in [-0.15, -0.1) is 0 Å². The van der Waals surface area contributed by atoms with Crippen LogP contribution in [0.1, 0.15) is 24.2 Å². The lowest BCUT2D eigenvalue weighted by atomic mass is 9.95. The normalized spacial score (nSPS) is 11.1. The maximum atomic E-state index is 13.6. The molecule has 0 amide bonds. The average Bonchev–Trinajstić information content (AvgIpc) is 2.36. The van der Waals surface area contributed by atoms with Gasteiger partial charge >= 0.3 is 11.9 Å². The number of carbonyl (C=O) groups is 2. The van der Waals surface area contributed by atoms with Gasteiger partial charge in [0.2, 0.25) is 0 Å². The van der Waals surface area contributed by atoms with Crippen LogP contribution in [-0.4, -0.2) is 30.8 Å². The zero-order chi connectivity index (χ0) is 15.5. The Kier molecular flexibility index (Phi) is 4.65. The molecule has 1 N–H and O–H groups in total. The molecule has 1 aromatic carbocycles. The summed E-state index contributed by atoms with van der Waals surface area (Å²) in [5.74, 6) is -5.08. The summed E-state index contributed by atoms with van der Waals surface area (Å²) in [4.78, 5) is 22.0. The van der Waals surface area contributed by atoms with Crippen molar-refractivity contribution in [1.29, 1.82) is 0 Å². The lowest BCUT2D eigenvalue weighted by Crippen LogP contribution is -2.32. The minimum absolute atomic E-state index is 0.320. The molecule has 0 spiro atoms. The fraction of sp³-hybridized carbons (Fsp3) is 0.385. The highest BCUT2D eigenvalue weighted by atomic mass is 19.1. The van der Waals surface area contributed by atoms with Gasteiger partial charge in [-0.25, -0.2) is 13.6 Å². The number of hydrogen-bond acceptors (Lipinski definition) is 4. The molecule has 0 saturated carbocycles. The number of rotatable bonds is 5. The van der Waals surface area contributed by atoms with Crippen molar-refractivity contribution in [1.82, 2.24) is 0 Å². The summed E-state index contributed by atoms with van der Waals surface area (Å²) in [6.07, 6.45) is 0. The maximum absolute atomic E-state index is 13.6. The van der Waals surface area contributed by atoms with E-state index in [2.05, 4.69) is 4.74 Å². The van der Waals surface area contributed by atoms with Crippen LogP contribution in [0.25, 0.3) is 0 Å². The van der Waals surface area contributed by atoms with Gasteiger partial charge in [-0.05, 0) is 26.0 Å². The summed E-state index contributed by atoms with van der Waals surface area (Å²) < 4.78 is 36.6. The minimum atomic E-state index is -1.45. The molecule has 0 heterocycles. The van der Waals surface area contributed by atoms with Crippen molar-refractivity contribution in [2.75, 3.05) is 13.7 Å². The Hall–Kier alpha value is -2.18. The van der Waals surface area contributed by atoms with Crippen LogP contribution < -0.4 is 4.74 Å². The quantitative estimate of drug-likeness (QED) is 0.841. The molecular weight excluding hydrogens is 274 g/mol. The second kappa shape index (κ2) is 5.85. The van der Waals surface area contributed by atoms with E-state index in [4.69, 9.17) is 9.84 Å². The molecule has 0 aliphatic rings. The van der Waals surface area contributed by atoms with Crippen LogP contribution in [0.3, 0.4) is 0 Å². The number of benzene rings is 1. The number of hydrogen-bond donors (Lipinski definition) is 1. The summed E-state index contributed by atoms with van der Waals surface area (Å²) >= 11 is 0. The number of esters is 1. The van der Waals surface area contributed by atoms with Crippen LogP contribution in [0.2, 0.25) is 0 Å². The molecule has 0 unspecified atom stereocenters. The first-order valence-corrected chi connectivity index (χ1v) is 5.62. The zero-order valence-electron chi connectivity index (χ0n) is 11.2. The SMILES string of the molecule is COC(=O)C(C)(C)COc1c(F)cc(C(=O)O)cc1F. The smallest absolute Gasteiger partial charge is 0.335 e. The molecule has 1 aromatic rings. The standard InChI is InChI=1S/C13H14F2O5/c1-13(2,12(18)19-3)6-20-10-8(14)4-7(11(16)17)5-9(10)15/h4-5H,6H2,1-3H3,(H,16,17). The summed E-state index contributed by atoms with van der Waals surface area (Å²) in [6, 6.07) is 1.29.